The maximum absolute atomic E-state index is 12.3. The average molecular weight is 342 g/mol. The lowest BCUT2D eigenvalue weighted by Crippen LogP contribution is -2.33. The number of carbonyl (C=O) groups is 1. The number of aryl methyl sites for hydroxylation is 1. The standard InChI is InChI=1S/C19H26N4O2/c1-14-5-6-18(25-2)17(12-14)23-11-8-16(22-23)19(24)21-10-7-15-4-3-9-20-13-15/h5-6,8,11-12,15,20H,3-4,7,9-10,13H2,1-2H3,(H,21,24). The minimum Gasteiger partial charge on any atom is -0.494 e. The van der Waals surface area contributed by atoms with Gasteiger partial charge in [0.25, 0.3) is 5.91 Å². The Hall–Kier alpha value is -2.34. The maximum atomic E-state index is 12.3. The maximum Gasteiger partial charge on any atom is 0.271 e. The van der Waals surface area contributed by atoms with Crippen LogP contribution in [-0.4, -0.2) is 42.4 Å². The van der Waals surface area contributed by atoms with Crippen molar-refractivity contribution in [2.24, 2.45) is 5.92 Å². The molecule has 0 radical (unpaired) electrons. The van der Waals surface area contributed by atoms with Gasteiger partial charge in [-0.1, -0.05) is 6.07 Å². The van der Waals surface area contributed by atoms with Crippen molar-refractivity contribution in [3.05, 3.63) is 41.7 Å². The first kappa shape index (κ1) is 17.5. The summed E-state index contributed by atoms with van der Waals surface area (Å²) in [7, 11) is 1.63. The van der Waals surface area contributed by atoms with Gasteiger partial charge in [-0.25, -0.2) is 4.68 Å². The summed E-state index contributed by atoms with van der Waals surface area (Å²) in [5, 5.41) is 10.8. The quantitative estimate of drug-likeness (QED) is 0.845. The molecule has 0 aliphatic carbocycles. The summed E-state index contributed by atoms with van der Waals surface area (Å²) < 4.78 is 7.08. The molecule has 3 rings (SSSR count). The predicted octanol–water partition coefficient (Wildman–Crippen LogP) is 2.31. The number of hydrogen-bond donors (Lipinski definition) is 2. The minimum atomic E-state index is -0.130. The summed E-state index contributed by atoms with van der Waals surface area (Å²) in [6.45, 7) is 4.87. The Balaban J connectivity index is 1.61. The number of rotatable bonds is 6. The minimum absolute atomic E-state index is 0.130. The molecule has 0 spiro atoms. The molecule has 1 atom stereocenters. The van der Waals surface area contributed by atoms with E-state index in [-0.39, 0.29) is 5.91 Å². The Morgan fingerprint density at radius 1 is 1.44 bits per heavy atom. The van der Waals surface area contributed by atoms with Crippen LogP contribution in [0.4, 0.5) is 0 Å². The van der Waals surface area contributed by atoms with Gasteiger partial charge in [-0.2, -0.15) is 5.10 Å². The molecule has 0 bridgehead atoms. The normalized spacial score (nSPS) is 17.3. The lowest BCUT2D eigenvalue weighted by atomic mass is 9.96. The molecular weight excluding hydrogens is 316 g/mol. The third-order valence-corrected chi connectivity index (χ3v) is 4.64. The Kier molecular flexibility index (Phi) is 5.71. The Labute approximate surface area is 148 Å². The monoisotopic (exact) mass is 342 g/mol. The van der Waals surface area contributed by atoms with Crippen LogP contribution in [0.1, 0.15) is 35.3 Å². The lowest BCUT2D eigenvalue weighted by Gasteiger charge is -2.22. The number of nitrogens with zero attached hydrogens (tertiary/aromatic N) is 2. The second-order valence-electron chi connectivity index (χ2n) is 6.58. The SMILES string of the molecule is COc1ccc(C)cc1-n1ccc(C(=O)NCCC2CCCNC2)n1. The van der Waals surface area contributed by atoms with Crippen LogP contribution in [0.25, 0.3) is 5.69 Å². The molecule has 2 heterocycles. The topological polar surface area (TPSA) is 68.2 Å². The number of nitrogens with one attached hydrogen (secondary N) is 2. The average Bonchev–Trinajstić information content (AvgIpc) is 3.12. The molecule has 6 nitrogen and oxygen atoms in total. The molecule has 1 unspecified atom stereocenters. The summed E-state index contributed by atoms with van der Waals surface area (Å²) in [5.74, 6) is 1.25. The molecule has 1 aliphatic heterocycles. The van der Waals surface area contributed by atoms with Crippen LogP contribution in [0.15, 0.2) is 30.5 Å². The van der Waals surface area contributed by atoms with E-state index in [2.05, 4.69) is 15.7 Å². The van der Waals surface area contributed by atoms with Gasteiger partial charge in [0.05, 0.1) is 7.11 Å². The van der Waals surface area contributed by atoms with Gasteiger partial charge >= 0.3 is 0 Å². The number of amides is 1. The molecule has 2 aromatic rings. The molecule has 1 amide bonds. The molecule has 134 valence electrons. The Bertz CT molecular complexity index is 720. The fourth-order valence-electron chi connectivity index (χ4n) is 3.21. The molecule has 1 fully saturated rings. The largest absolute Gasteiger partial charge is 0.494 e. The van der Waals surface area contributed by atoms with Crippen LogP contribution in [0, 0.1) is 12.8 Å². The number of piperidine rings is 1. The number of ether oxygens (including phenoxy) is 1. The second-order valence-corrected chi connectivity index (χ2v) is 6.58. The third kappa shape index (κ3) is 4.39. The summed E-state index contributed by atoms with van der Waals surface area (Å²) in [5.41, 5.74) is 2.36. The Morgan fingerprint density at radius 2 is 2.32 bits per heavy atom. The zero-order valence-electron chi connectivity index (χ0n) is 14.9. The van der Waals surface area contributed by atoms with E-state index >= 15 is 0 Å². The van der Waals surface area contributed by atoms with Crippen LogP contribution in [0.5, 0.6) is 5.75 Å². The van der Waals surface area contributed by atoms with Crippen molar-refractivity contribution in [2.75, 3.05) is 26.7 Å². The summed E-state index contributed by atoms with van der Waals surface area (Å²) in [6, 6.07) is 7.62. The van der Waals surface area contributed by atoms with E-state index in [1.165, 1.54) is 12.8 Å². The first-order valence-electron chi connectivity index (χ1n) is 8.87. The smallest absolute Gasteiger partial charge is 0.271 e. The third-order valence-electron chi connectivity index (χ3n) is 4.64. The van der Waals surface area contributed by atoms with Gasteiger partial charge in [0.1, 0.15) is 11.4 Å². The molecular formula is C19H26N4O2. The first-order valence-corrected chi connectivity index (χ1v) is 8.87. The van der Waals surface area contributed by atoms with Gasteiger partial charge in [-0.05, 0) is 69.0 Å². The second kappa shape index (κ2) is 8.16. The van der Waals surface area contributed by atoms with E-state index in [0.717, 1.165) is 36.5 Å². The highest BCUT2D eigenvalue weighted by Gasteiger charge is 2.15. The summed E-state index contributed by atoms with van der Waals surface area (Å²) in [4.78, 5) is 12.3. The molecule has 1 aromatic carbocycles. The van der Waals surface area contributed by atoms with Crippen LogP contribution in [0.2, 0.25) is 0 Å². The van der Waals surface area contributed by atoms with E-state index in [4.69, 9.17) is 4.74 Å². The fourth-order valence-corrected chi connectivity index (χ4v) is 3.21. The van der Waals surface area contributed by atoms with E-state index in [0.29, 0.717) is 18.2 Å². The Morgan fingerprint density at radius 3 is 3.08 bits per heavy atom. The van der Waals surface area contributed by atoms with Gasteiger partial charge < -0.3 is 15.4 Å². The first-order chi connectivity index (χ1) is 12.2. The van der Waals surface area contributed by atoms with Crippen LogP contribution >= 0.6 is 0 Å². The number of hydrogen-bond acceptors (Lipinski definition) is 4. The fraction of sp³-hybridized carbons (Fsp3) is 0.474. The van der Waals surface area contributed by atoms with Crippen LogP contribution < -0.4 is 15.4 Å². The van der Waals surface area contributed by atoms with Gasteiger partial charge in [-0.3, -0.25) is 4.79 Å². The van der Waals surface area contributed by atoms with E-state index in [1.54, 1.807) is 24.1 Å². The molecule has 1 saturated heterocycles. The van der Waals surface area contributed by atoms with Crippen molar-refractivity contribution in [1.82, 2.24) is 20.4 Å². The molecule has 25 heavy (non-hydrogen) atoms. The number of aromatic nitrogens is 2. The van der Waals surface area contributed by atoms with Crippen molar-refractivity contribution in [2.45, 2.75) is 26.2 Å². The van der Waals surface area contributed by atoms with Crippen LogP contribution in [0.3, 0.4) is 0 Å². The highest BCUT2D eigenvalue weighted by molar-refractivity contribution is 5.92. The molecule has 0 saturated carbocycles. The molecule has 1 aliphatic rings. The zero-order chi connectivity index (χ0) is 17.6. The predicted molar refractivity (Wildman–Crippen MR) is 97.4 cm³/mol. The molecule has 1 aromatic heterocycles. The van der Waals surface area contributed by atoms with Crippen molar-refractivity contribution >= 4 is 5.91 Å². The zero-order valence-corrected chi connectivity index (χ0v) is 14.9. The van der Waals surface area contributed by atoms with Crippen LogP contribution in [-0.2, 0) is 0 Å². The van der Waals surface area contributed by atoms with Gasteiger partial charge in [0.2, 0.25) is 0 Å². The lowest BCUT2D eigenvalue weighted by molar-refractivity contribution is 0.0945. The van der Waals surface area contributed by atoms with Crippen molar-refractivity contribution in [3.8, 4) is 11.4 Å². The highest BCUT2D eigenvalue weighted by Crippen LogP contribution is 2.23. The van der Waals surface area contributed by atoms with Gasteiger partial charge in [0, 0.05) is 12.7 Å². The van der Waals surface area contributed by atoms with E-state index < -0.39 is 0 Å². The van der Waals surface area contributed by atoms with Gasteiger partial charge in [-0.15, -0.1) is 0 Å². The summed E-state index contributed by atoms with van der Waals surface area (Å²) >= 11 is 0. The highest BCUT2D eigenvalue weighted by atomic mass is 16.5. The van der Waals surface area contributed by atoms with Crippen molar-refractivity contribution < 1.29 is 9.53 Å². The van der Waals surface area contributed by atoms with Crippen molar-refractivity contribution in [3.63, 3.8) is 0 Å². The van der Waals surface area contributed by atoms with E-state index in [9.17, 15) is 4.79 Å². The number of benzene rings is 1. The number of carbonyl (C=O) groups excluding carboxylic acids is 1. The molecule has 2 N–H and O–H groups in total. The van der Waals surface area contributed by atoms with Crippen molar-refractivity contribution in [1.29, 1.82) is 0 Å². The summed E-state index contributed by atoms with van der Waals surface area (Å²) in [6.07, 6.45) is 5.26. The van der Waals surface area contributed by atoms with E-state index in [1.807, 2.05) is 25.1 Å². The number of methoxy groups -OCH3 is 1. The van der Waals surface area contributed by atoms with Gasteiger partial charge in [0.15, 0.2) is 5.69 Å². The molecule has 6 heteroatoms.